The van der Waals surface area contributed by atoms with E-state index in [9.17, 15) is 4.79 Å². The van der Waals surface area contributed by atoms with Crippen molar-refractivity contribution < 1.29 is 4.79 Å². The summed E-state index contributed by atoms with van der Waals surface area (Å²) < 4.78 is 0. The van der Waals surface area contributed by atoms with E-state index in [0.717, 1.165) is 37.4 Å². The molecule has 2 aromatic carbocycles. The van der Waals surface area contributed by atoms with Crippen molar-refractivity contribution in [3.8, 4) is 0 Å². The summed E-state index contributed by atoms with van der Waals surface area (Å²) in [4.78, 5) is 20.2. The molecule has 0 atom stereocenters. The van der Waals surface area contributed by atoms with Crippen molar-refractivity contribution in [2.24, 2.45) is 0 Å². The van der Waals surface area contributed by atoms with Crippen LogP contribution >= 0.6 is 23.4 Å². The first-order valence-electron chi connectivity index (χ1n) is 9.28. The summed E-state index contributed by atoms with van der Waals surface area (Å²) in [5.41, 5.74) is 3.07. The predicted molar refractivity (Wildman–Crippen MR) is 120 cm³/mol. The Morgan fingerprint density at radius 2 is 1.71 bits per heavy atom. The molecule has 4 nitrogen and oxygen atoms in total. The largest absolute Gasteiger partial charge is 0.368 e. The molecule has 4 rings (SSSR count). The average molecular weight is 412 g/mol. The van der Waals surface area contributed by atoms with Gasteiger partial charge in [-0.2, -0.15) is 0 Å². The molecule has 0 aliphatic carbocycles. The number of piperazine rings is 1. The van der Waals surface area contributed by atoms with E-state index in [4.69, 9.17) is 11.6 Å². The van der Waals surface area contributed by atoms with Gasteiger partial charge in [-0.05, 0) is 54.4 Å². The highest BCUT2D eigenvalue weighted by Gasteiger charge is 2.23. The quantitative estimate of drug-likeness (QED) is 0.685. The Morgan fingerprint density at radius 3 is 2.46 bits per heavy atom. The monoisotopic (exact) mass is 411 g/mol. The molecule has 2 aliphatic rings. The van der Waals surface area contributed by atoms with Gasteiger partial charge in [0.15, 0.2) is 0 Å². The molecule has 2 heterocycles. The number of thioether (sulfide) groups is 1. The zero-order valence-electron chi connectivity index (χ0n) is 15.7. The van der Waals surface area contributed by atoms with Crippen molar-refractivity contribution in [1.29, 1.82) is 0 Å². The number of anilines is 2. The van der Waals surface area contributed by atoms with Crippen LogP contribution in [0.2, 0.25) is 5.02 Å². The van der Waals surface area contributed by atoms with Crippen molar-refractivity contribution in [2.45, 2.75) is 0 Å². The Labute approximate surface area is 175 Å². The van der Waals surface area contributed by atoms with Gasteiger partial charge in [-0.25, -0.2) is 0 Å². The molecule has 1 fully saturated rings. The minimum absolute atomic E-state index is 0.0250. The van der Waals surface area contributed by atoms with Gasteiger partial charge in [-0.15, -0.1) is 0 Å². The fourth-order valence-electron chi connectivity index (χ4n) is 3.39. The van der Waals surface area contributed by atoms with Crippen LogP contribution in [0, 0.1) is 0 Å². The number of nitrogens with zero attached hydrogens (tertiary/aromatic N) is 3. The van der Waals surface area contributed by atoms with Crippen molar-refractivity contribution in [1.82, 2.24) is 4.90 Å². The molecule has 0 aromatic heterocycles. The Morgan fingerprint density at radius 1 is 1.00 bits per heavy atom. The fraction of sp³-hybridized carbons (Fsp3) is 0.227. The summed E-state index contributed by atoms with van der Waals surface area (Å²) in [6.45, 7) is 4.08. The molecule has 1 saturated heterocycles. The van der Waals surface area contributed by atoms with Crippen LogP contribution in [-0.4, -0.2) is 44.0 Å². The maximum atomic E-state index is 13.1. The molecule has 2 aliphatic heterocycles. The molecular formula is C22H22ClN3OS. The molecule has 1 amide bonds. The second-order valence-electron chi connectivity index (χ2n) is 6.91. The molecule has 144 valence electrons. The highest BCUT2D eigenvalue weighted by molar-refractivity contribution is 8.07. The van der Waals surface area contributed by atoms with Gasteiger partial charge in [0.1, 0.15) is 0 Å². The van der Waals surface area contributed by atoms with Crippen molar-refractivity contribution >= 4 is 46.7 Å². The lowest BCUT2D eigenvalue weighted by Gasteiger charge is -2.35. The van der Waals surface area contributed by atoms with E-state index in [-0.39, 0.29) is 5.91 Å². The van der Waals surface area contributed by atoms with Crippen LogP contribution in [-0.2, 0) is 4.79 Å². The Bertz CT molecular complexity index is 918. The summed E-state index contributed by atoms with van der Waals surface area (Å²) in [5, 5.41) is 2.60. The lowest BCUT2D eigenvalue weighted by atomic mass is 10.1. The van der Waals surface area contributed by atoms with E-state index in [1.54, 1.807) is 23.2 Å². The number of hydrogen-bond acceptors (Lipinski definition) is 4. The van der Waals surface area contributed by atoms with E-state index in [0.29, 0.717) is 9.93 Å². The summed E-state index contributed by atoms with van der Waals surface area (Å²) in [5.74, 6) is -0.0250. The normalized spacial score (nSPS) is 19.5. The van der Waals surface area contributed by atoms with Crippen molar-refractivity contribution in [2.75, 3.05) is 43.0 Å². The maximum Gasteiger partial charge on any atom is 0.269 e. The fourth-order valence-corrected chi connectivity index (χ4v) is 4.24. The van der Waals surface area contributed by atoms with Crippen LogP contribution in [0.25, 0.3) is 6.08 Å². The number of hydrogen-bond donors (Lipinski definition) is 0. The van der Waals surface area contributed by atoms with Crippen LogP contribution in [0.5, 0.6) is 0 Å². The molecule has 0 bridgehead atoms. The van der Waals surface area contributed by atoms with E-state index in [2.05, 4.69) is 35.0 Å². The lowest BCUT2D eigenvalue weighted by molar-refractivity contribution is -0.113. The minimum atomic E-state index is -0.0250. The topological polar surface area (TPSA) is 26.8 Å². The molecule has 0 saturated carbocycles. The standard InChI is InChI=1S/C22H22ClN3OS/c1-24-10-12-25(13-11-24)20-5-3-2-4-17(20)16-21-22(27)26(14-15-28-21)19-8-6-18(23)7-9-19/h2-9,14-16H,10-13H2,1H3/b21-16+. The van der Waals surface area contributed by atoms with Crippen LogP contribution in [0.4, 0.5) is 11.4 Å². The zero-order chi connectivity index (χ0) is 19.5. The molecule has 6 heteroatoms. The first-order valence-corrected chi connectivity index (χ1v) is 10.5. The summed E-state index contributed by atoms with van der Waals surface area (Å²) in [6, 6.07) is 15.6. The first-order chi connectivity index (χ1) is 13.6. The molecular weight excluding hydrogens is 390 g/mol. The van der Waals surface area contributed by atoms with Crippen LogP contribution in [0.3, 0.4) is 0 Å². The number of para-hydroxylation sites is 1. The van der Waals surface area contributed by atoms with Gasteiger partial charge >= 0.3 is 0 Å². The molecule has 0 spiro atoms. The number of carbonyl (C=O) groups excluding carboxylic acids is 1. The molecule has 0 N–H and O–H groups in total. The Balaban J connectivity index is 1.62. The van der Waals surface area contributed by atoms with Gasteiger partial charge in [0.2, 0.25) is 0 Å². The maximum absolute atomic E-state index is 13.1. The first kappa shape index (κ1) is 19.1. The second-order valence-corrected chi connectivity index (χ2v) is 8.30. The van der Waals surface area contributed by atoms with Crippen LogP contribution < -0.4 is 9.80 Å². The molecule has 0 radical (unpaired) electrons. The average Bonchev–Trinajstić information content (AvgIpc) is 2.71. The summed E-state index contributed by atoms with van der Waals surface area (Å²) in [7, 11) is 2.15. The smallest absolute Gasteiger partial charge is 0.269 e. The van der Waals surface area contributed by atoms with Crippen LogP contribution in [0.15, 0.2) is 65.0 Å². The highest BCUT2D eigenvalue weighted by Crippen LogP contribution is 2.33. The van der Waals surface area contributed by atoms with Gasteiger partial charge in [-0.3, -0.25) is 9.69 Å². The van der Waals surface area contributed by atoms with Gasteiger partial charge in [0, 0.05) is 48.8 Å². The number of benzene rings is 2. The number of likely N-dealkylation sites (N-methyl/N-ethyl adjacent to an activating group) is 1. The van der Waals surface area contributed by atoms with Gasteiger partial charge < -0.3 is 9.80 Å². The summed E-state index contributed by atoms with van der Waals surface area (Å²) in [6.07, 6.45) is 3.81. The van der Waals surface area contributed by atoms with Gasteiger partial charge in [-0.1, -0.05) is 41.6 Å². The Kier molecular flexibility index (Phi) is 5.76. The van der Waals surface area contributed by atoms with E-state index < -0.39 is 0 Å². The SMILES string of the molecule is CN1CCN(c2ccccc2/C=C2/SC=CN(c3ccc(Cl)cc3)C2=O)CC1. The number of halogens is 1. The van der Waals surface area contributed by atoms with Crippen LogP contribution in [0.1, 0.15) is 5.56 Å². The zero-order valence-corrected chi connectivity index (χ0v) is 17.3. The molecule has 2 aromatic rings. The minimum Gasteiger partial charge on any atom is -0.368 e. The van der Waals surface area contributed by atoms with Gasteiger partial charge in [0.25, 0.3) is 5.91 Å². The number of carbonyl (C=O) groups is 1. The van der Waals surface area contributed by atoms with Crippen molar-refractivity contribution in [3.05, 3.63) is 75.6 Å². The number of rotatable bonds is 3. The number of amides is 1. The predicted octanol–water partition coefficient (Wildman–Crippen LogP) is 4.68. The van der Waals surface area contributed by atoms with E-state index >= 15 is 0 Å². The molecule has 0 unspecified atom stereocenters. The molecule has 28 heavy (non-hydrogen) atoms. The third kappa shape index (κ3) is 4.12. The highest BCUT2D eigenvalue weighted by atomic mass is 35.5. The van der Waals surface area contributed by atoms with Gasteiger partial charge in [0.05, 0.1) is 4.91 Å². The Hall–Kier alpha value is -2.21. The second kappa shape index (κ2) is 8.43. The van der Waals surface area contributed by atoms with Crippen molar-refractivity contribution in [3.63, 3.8) is 0 Å². The third-order valence-electron chi connectivity index (χ3n) is 5.01. The van der Waals surface area contributed by atoms with E-state index in [1.807, 2.05) is 29.7 Å². The third-order valence-corrected chi connectivity index (χ3v) is 6.06. The summed E-state index contributed by atoms with van der Waals surface area (Å²) >= 11 is 7.44. The van der Waals surface area contributed by atoms with E-state index in [1.165, 1.54) is 17.4 Å². The lowest BCUT2D eigenvalue weighted by Crippen LogP contribution is -2.44.